The predicted molar refractivity (Wildman–Crippen MR) is 116 cm³/mol. The molecule has 3 aromatic rings. The Bertz CT molecular complexity index is 1150. The van der Waals surface area contributed by atoms with Crippen molar-refractivity contribution in [3.05, 3.63) is 78.1 Å². The lowest BCUT2D eigenvalue weighted by Gasteiger charge is -2.29. The van der Waals surface area contributed by atoms with Crippen LogP contribution in [0.1, 0.15) is 17.3 Å². The first-order chi connectivity index (χ1) is 15.7. The fourth-order valence-electron chi connectivity index (χ4n) is 3.83. The summed E-state index contributed by atoms with van der Waals surface area (Å²) in [5.74, 6) is 1.05. The van der Waals surface area contributed by atoms with Gasteiger partial charge in [0.05, 0.1) is 12.2 Å². The number of anilines is 1. The Morgan fingerprint density at radius 3 is 2.62 bits per heavy atom. The number of nitrogens with zero attached hydrogens (tertiary/aromatic N) is 2. The zero-order valence-electron chi connectivity index (χ0n) is 17.2. The van der Waals surface area contributed by atoms with E-state index in [1.807, 2.05) is 24.3 Å². The zero-order chi connectivity index (χ0) is 21.9. The van der Waals surface area contributed by atoms with E-state index < -0.39 is 6.04 Å². The summed E-state index contributed by atoms with van der Waals surface area (Å²) in [4.78, 5) is 32.4. The van der Waals surface area contributed by atoms with Crippen LogP contribution in [0.15, 0.2) is 66.9 Å². The van der Waals surface area contributed by atoms with Crippen molar-refractivity contribution in [3.63, 3.8) is 0 Å². The molecule has 0 bridgehead atoms. The minimum atomic E-state index is -0.892. The highest BCUT2D eigenvalue weighted by Gasteiger charge is 2.36. The van der Waals surface area contributed by atoms with Gasteiger partial charge in [0.15, 0.2) is 18.1 Å². The van der Waals surface area contributed by atoms with Gasteiger partial charge < -0.3 is 24.4 Å². The molecular weight excluding hydrogens is 410 g/mol. The number of amides is 2. The SMILES string of the molecule is O=C(Nc1ccc2c(c1)OCCO2)C1c2ccccc2OCC(=O)N1Cc1ccccn1. The van der Waals surface area contributed by atoms with E-state index in [-0.39, 0.29) is 25.0 Å². The molecule has 1 aromatic heterocycles. The standard InChI is InChI=1S/C24H21N3O5/c28-22-15-32-19-7-2-1-6-18(19)23(27(22)14-17-5-3-4-10-25-17)24(29)26-16-8-9-20-21(13-16)31-12-11-30-20/h1-10,13,23H,11-12,14-15H2,(H,26,29). The summed E-state index contributed by atoms with van der Waals surface area (Å²) in [6, 6.07) is 17.0. The first kappa shape index (κ1) is 19.9. The van der Waals surface area contributed by atoms with Gasteiger partial charge in [-0.15, -0.1) is 0 Å². The van der Waals surface area contributed by atoms with Gasteiger partial charge in [-0.2, -0.15) is 0 Å². The maximum Gasteiger partial charge on any atom is 0.261 e. The van der Waals surface area contributed by atoms with Crippen molar-refractivity contribution in [2.45, 2.75) is 12.6 Å². The van der Waals surface area contributed by atoms with Gasteiger partial charge in [0.2, 0.25) is 0 Å². The third-order valence-electron chi connectivity index (χ3n) is 5.31. The number of rotatable bonds is 4. The van der Waals surface area contributed by atoms with E-state index in [4.69, 9.17) is 14.2 Å². The maximum atomic E-state index is 13.5. The second-order valence-corrected chi connectivity index (χ2v) is 7.42. The number of hydrogen-bond acceptors (Lipinski definition) is 6. The summed E-state index contributed by atoms with van der Waals surface area (Å²) in [5, 5.41) is 2.92. The summed E-state index contributed by atoms with van der Waals surface area (Å²) >= 11 is 0. The lowest BCUT2D eigenvalue weighted by Crippen LogP contribution is -2.41. The number of pyridine rings is 1. The molecule has 0 saturated heterocycles. The molecule has 5 rings (SSSR count). The van der Waals surface area contributed by atoms with E-state index >= 15 is 0 Å². The molecule has 162 valence electrons. The number of fused-ring (bicyclic) bond motifs is 2. The zero-order valence-corrected chi connectivity index (χ0v) is 17.2. The molecule has 0 aliphatic carbocycles. The minimum absolute atomic E-state index is 0.155. The molecule has 1 N–H and O–H groups in total. The number of benzene rings is 2. The Hall–Kier alpha value is -4.07. The molecule has 1 atom stereocenters. The molecule has 3 heterocycles. The molecular formula is C24H21N3O5. The van der Waals surface area contributed by atoms with E-state index in [0.717, 1.165) is 0 Å². The Morgan fingerprint density at radius 1 is 0.969 bits per heavy atom. The molecule has 0 radical (unpaired) electrons. The molecule has 0 spiro atoms. The van der Waals surface area contributed by atoms with E-state index in [2.05, 4.69) is 10.3 Å². The molecule has 2 aliphatic heterocycles. The normalized spacial score (nSPS) is 17.1. The number of para-hydroxylation sites is 1. The average Bonchev–Trinajstić information content (AvgIpc) is 2.96. The third-order valence-corrected chi connectivity index (χ3v) is 5.31. The van der Waals surface area contributed by atoms with Crippen molar-refractivity contribution in [3.8, 4) is 17.2 Å². The second kappa shape index (κ2) is 8.58. The summed E-state index contributed by atoms with van der Waals surface area (Å²) in [5.41, 5.74) is 1.84. The summed E-state index contributed by atoms with van der Waals surface area (Å²) in [7, 11) is 0. The Balaban J connectivity index is 1.49. The van der Waals surface area contributed by atoms with Gasteiger partial charge in [0.1, 0.15) is 25.0 Å². The van der Waals surface area contributed by atoms with Crippen LogP contribution >= 0.6 is 0 Å². The van der Waals surface area contributed by atoms with Crippen molar-refractivity contribution in [1.82, 2.24) is 9.88 Å². The predicted octanol–water partition coefficient (Wildman–Crippen LogP) is 2.95. The summed E-state index contributed by atoms with van der Waals surface area (Å²) in [6.07, 6.45) is 1.66. The highest BCUT2D eigenvalue weighted by Crippen LogP contribution is 2.36. The molecule has 8 heteroatoms. The molecule has 32 heavy (non-hydrogen) atoms. The third kappa shape index (κ3) is 3.94. The van der Waals surface area contributed by atoms with E-state index in [9.17, 15) is 9.59 Å². The van der Waals surface area contributed by atoms with Crippen LogP contribution in [0.4, 0.5) is 5.69 Å². The fourth-order valence-corrected chi connectivity index (χ4v) is 3.83. The van der Waals surface area contributed by atoms with Crippen LogP contribution in [0.5, 0.6) is 17.2 Å². The molecule has 8 nitrogen and oxygen atoms in total. The second-order valence-electron chi connectivity index (χ2n) is 7.42. The van der Waals surface area contributed by atoms with Crippen LogP contribution < -0.4 is 19.5 Å². The van der Waals surface area contributed by atoms with Gasteiger partial charge in [-0.1, -0.05) is 24.3 Å². The smallest absolute Gasteiger partial charge is 0.261 e. The lowest BCUT2D eigenvalue weighted by molar-refractivity contribution is -0.140. The minimum Gasteiger partial charge on any atom is -0.486 e. The molecule has 2 aromatic carbocycles. The maximum absolute atomic E-state index is 13.5. The fraction of sp³-hybridized carbons (Fsp3) is 0.208. The molecule has 0 fully saturated rings. The average molecular weight is 431 g/mol. The number of hydrogen-bond donors (Lipinski definition) is 1. The lowest BCUT2D eigenvalue weighted by atomic mass is 10.0. The molecule has 2 amide bonds. The molecule has 0 saturated carbocycles. The number of ether oxygens (including phenoxy) is 3. The van der Waals surface area contributed by atoms with Crippen molar-refractivity contribution >= 4 is 17.5 Å². The number of carbonyl (C=O) groups excluding carboxylic acids is 2. The van der Waals surface area contributed by atoms with Crippen molar-refractivity contribution in [1.29, 1.82) is 0 Å². The van der Waals surface area contributed by atoms with Crippen molar-refractivity contribution in [2.75, 3.05) is 25.1 Å². The summed E-state index contributed by atoms with van der Waals surface area (Å²) in [6.45, 7) is 0.959. The van der Waals surface area contributed by atoms with Gasteiger partial charge in [-0.05, 0) is 30.3 Å². The Morgan fingerprint density at radius 2 is 1.78 bits per heavy atom. The Kier molecular flexibility index (Phi) is 5.33. The van der Waals surface area contributed by atoms with E-state index in [1.54, 1.807) is 42.6 Å². The molecule has 1 unspecified atom stereocenters. The quantitative estimate of drug-likeness (QED) is 0.683. The van der Waals surface area contributed by atoms with Gasteiger partial charge in [-0.25, -0.2) is 0 Å². The monoisotopic (exact) mass is 431 g/mol. The summed E-state index contributed by atoms with van der Waals surface area (Å²) < 4.78 is 16.9. The first-order valence-electron chi connectivity index (χ1n) is 10.3. The van der Waals surface area contributed by atoms with Crippen LogP contribution in [0.25, 0.3) is 0 Å². The van der Waals surface area contributed by atoms with Gasteiger partial charge in [-0.3, -0.25) is 14.6 Å². The highest BCUT2D eigenvalue weighted by atomic mass is 16.6. The van der Waals surface area contributed by atoms with Gasteiger partial charge >= 0.3 is 0 Å². The largest absolute Gasteiger partial charge is 0.486 e. The number of nitrogens with one attached hydrogen (secondary N) is 1. The van der Waals surface area contributed by atoms with Gasteiger partial charge in [0.25, 0.3) is 11.8 Å². The van der Waals surface area contributed by atoms with Gasteiger partial charge in [0, 0.05) is 23.5 Å². The van der Waals surface area contributed by atoms with Crippen molar-refractivity contribution < 1.29 is 23.8 Å². The topological polar surface area (TPSA) is 90.0 Å². The molecule has 2 aliphatic rings. The Labute approximate surface area is 184 Å². The van der Waals surface area contributed by atoms with E-state index in [0.29, 0.717) is 47.4 Å². The van der Waals surface area contributed by atoms with Crippen molar-refractivity contribution in [2.24, 2.45) is 0 Å². The first-order valence-corrected chi connectivity index (χ1v) is 10.3. The van der Waals surface area contributed by atoms with E-state index in [1.165, 1.54) is 4.90 Å². The number of carbonyl (C=O) groups is 2. The highest BCUT2D eigenvalue weighted by molar-refractivity contribution is 5.99. The van der Waals surface area contributed by atoms with Crippen LogP contribution in [0.3, 0.4) is 0 Å². The van der Waals surface area contributed by atoms with Crippen LogP contribution in [-0.2, 0) is 16.1 Å². The van der Waals surface area contributed by atoms with Crippen LogP contribution in [-0.4, -0.2) is 41.5 Å². The van der Waals surface area contributed by atoms with Crippen LogP contribution in [0, 0.1) is 0 Å². The van der Waals surface area contributed by atoms with Crippen LogP contribution in [0.2, 0.25) is 0 Å². The number of aromatic nitrogens is 1.